The van der Waals surface area contributed by atoms with Gasteiger partial charge in [0.2, 0.25) is 0 Å². The highest BCUT2D eigenvalue weighted by Gasteiger charge is 2.29. The summed E-state index contributed by atoms with van der Waals surface area (Å²) in [6.07, 6.45) is 1.68. The predicted octanol–water partition coefficient (Wildman–Crippen LogP) is 4.87. The van der Waals surface area contributed by atoms with Crippen LogP contribution < -0.4 is 14.5 Å². The van der Waals surface area contributed by atoms with Gasteiger partial charge in [-0.25, -0.2) is 9.59 Å². The second kappa shape index (κ2) is 9.72. The highest BCUT2D eigenvalue weighted by atomic mass is 32.1. The van der Waals surface area contributed by atoms with Crippen molar-refractivity contribution in [2.24, 2.45) is 5.10 Å². The van der Waals surface area contributed by atoms with Gasteiger partial charge < -0.3 is 14.6 Å². The second-order valence-electron chi connectivity index (χ2n) is 7.22. The lowest BCUT2D eigenvalue weighted by atomic mass is 10.1. The van der Waals surface area contributed by atoms with Crippen molar-refractivity contribution in [3.63, 3.8) is 0 Å². The van der Waals surface area contributed by atoms with Crippen LogP contribution in [0.1, 0.15) is 39.4 Å². The molecule has 172 valence electrons. The lowest BCUT2D eigenvalue weighted by molar-refractivity contribution is -0.114. The summed E-state index contributed by atoms with van der Waals surface area (Å²) in [7, 11) is 0. The van der Waals surface area contributed by atoms with E-state index in [4.69, 9.17) is 14.6 Å². The SMILES string of the molecule is CCOc1cc(/C=C2\C(=O)N(c3ccc(C(=O)O)cc3)N=C2C)ccc1OC(=O)c1cccs1. The lowest BCUT2D eigenvalue weighted by Gasteiger charge is -2.12. The second-order valence-corrected chi connectivity index (χ2v) is 8.17. The number of aromatic carboxylic acids is 1. The predicted molar refractivity (Wildman–Crippen MR) is 129 cm³/mol. The Labute approximate surface area is 199 Å². The molecule has 0 aliphatic carbocycles. The number of carbonyl (C=O) groups is 3. The Morgan fingerprint density at radius 1 is 1.12 bits per heavy atom. The molecule has 0 saturated carbocycles. The molecule has 0 unspecified atom stereocenters. The lowest BCUT2D eigenvalue weighted by Crippen LogP contribution is -2.21. The zero-order chi connectivity index (χ0) is 24.2. The first-order valence-corrected chi connectivity index (χ1v) is 11.2. The van der Waals surface area contributed by atoms with Crippen molar-refractivity contribution >= 4 is 46.7 Å². The standard InChI is InChI=1S/C25H20N2O6S/c1-3-32-21-14-16(6-11-20(21)33-25(31)22-5-4-12-34-22)13-19-15(2)26-27(23(19)28)18-9-7-17(8-10-18)24(29)30/h4-14H,3H2,1-2H3,(H,29,30)/b19-13-. The van der Waals surface area contributed by atoms with Gasteiger partial charge in [0, 0.05) is 0 Å². The van der Waals surface area contributed by atoms with Gasteiger partial charge in [0.25, 0.3) is 5.91 Å². The maximum Gasteiger partial charge on any atom is 0.353 e. The van der Waals surface area contributed by atoms with Crippen LogP contribution >= 0.6 is 11.3 Å². The van der Waals surface area contributed by atoms with Crippen molar-refractivity contribution in [2.75, 3.05) is 11.6 Å². The number of thiophene rings is 1. The summed E-state index contributed by atoms with van der Waals surface area (Å²) >= 11 is 1.29. The van der Waals surface area contributed by atoms with Gasteiger partial charge in [0.05, 0.1) is 29.1 Å². The van der Waals surface area contributed by atoms with Crippen LogP contribution in [0, 0.1) is 0 Å². The summed E-state index contributed by atoms with van der Waals surface area (Å²) in [5.74, 6) is -1.20. The number of amides is 1. The van der Waals surface area contributed by atoms with E-state index in [-0.39, 0.29) is 17.2 Å². The highest BCUT2D eigenvalue weighted by Crippen LogP contribution is 2.32. The molecular weight excluding hydrogens is 456 g/mol. The minimum Gasteiger partial charge on any atom is -0.490 e. The Balaban J connectivity index is 1.58. The molecule has 1 aromatic heterocycles. The molecule has 2 heterocycles. The molecule has 0 bridgehead atoms. The Hall–Kier alpha value is -4.24. The third kappa shape index (κ3) is 4.74. The van der Waals surface area contributed by atoms with Crippen LogP contribution in [0.25, 0.3) is 6.08 Å². The van der Waals surface area contributed by atoms with Crippen molar-refractivity contribution < 1.29 is 29.0 Å². The molecule has 1 N–H and O–H groups in total. The topological polar surface area (TPSA) is 106 Å². The van der Waals surface area contributed by atoms with Crippen molar-refractivity contribution in [1.82, 2.24) is 0 Å². The number of hydrogen-bond acceptors (Lipinski definition) is 7. The van der Waals surface area contributed by atoms with E-state index in [2.05, 4.69) is 5.10 Å². The fourth-order valence-corrected chi connectivity index (χ4v) is 3.88. The summed E-state index contributed by atoms with van der Waals surface area (Å²) in [5, 5.41) is 16.4. The first kappa shape index (κ1) is 22.9. The van der Waals surface area contributed by atoms with Crippen molar-refractivity contribution in [3.8, 4) is 11.5 Å². The highest BCUT2D eigenvalue weighted by molar-refractivity contribution is 7.12. The van der Waals surface area contributed by atoms with Crippen LogP contribution in [0.4, 0.5) is 5.69 Å². The average molecular weight is 477 g/mol. The number of hydrazone groups is 1. The summed E-state index contributed by atoms with van der Waals surface area (Å²) in [4.78, 5) is 36.9. The Morgan fingerprint density at radius 3 is 2.53 bits per heavy atom. The molecule has 0 fully saturated rings. The number of rotatable bonds is 7. The zero-order valence-electron chi connectivity index (χ0n) is 18.3. The minimum absolute atomic E-state index is 0.121. The van der Waals surface area contributed by atoms with Gasteiger partial charge in [-0.3, -0.25) is 4.79 Å². The first-order valence-electron chi connectivity index (χ1n) is 10.3. The molecule has 1 aliphatic heterocycles. The summed E-state index contributed by atoms with van der Waals surface area (Å²) in [6, 6.07) is 14.4. The third-order valence-electron chi connectivity index (χ3n) is 4.93. The van der Waals surface area contributed by atoms with E-state index >= 15 is 0 Å². The maximum absolute atomic E-state index is 13.0. The smallest absolute Gasteiger partial charge is 0.353 e. The van der Waals surface area contributed by atoms with Gasteiger partial charge in [-0.2, -0.15) is 10.1 Å². The number of benzene rings is 2. The first-order chi connectivity index (χ1) is 16.4. The van der Waals surface area contributed by atoms with Crippen molar-refractivity contribution in [3.05, 3.63) is 81.6 Å². The Kier molecular flexibility index (Phi) is 6.55. The number of esters is 1. The van der Waals surface area contributed by atoms with Crippen LogP contribution in [-0.4, -0.2) is 35.3 Å². The van der Waals surface area contributed by atoms with E-state index < -0.39 is 11.9 Å². The van der Waals surface area contributed by atoms with Crippen LogP contribution in [0.15, 0.2) is 70.7 Å². The molecule has 4 rings (SSSR count). The van der Waals surface area contributed by atoms with E-state index in [0.29, 0.717) is 39.8 Å². The Bertz CT molecular complexity index is 1310. The summed E-state index contributed by atoms with van der Waals surface area (Å²) < 4.78 is 11.2. The molecule has 9 heteroatoms. The number of carboxylic acids is 1. The van der Waals surface area contributed by atoms with E-state index in [1.165, 1.54) is 40.6 Å². The van der Waals surface area contributed by atoms with Crippen LogP contribution in [0.3, 0.4) is 0 Å². The number of hydrogen-bond donors (Lipinski definition) is 1. The molecule has 3 aromatic rings. The molecular formula is C25H20N2O6S. The largest absolute Gasteiger partial charge is 0.490 e. The summed E-state index contributed by atoms with van der Waals surface area (Å²) in [5.41, 5.74) is 2.14. The molecule has 0 saturated heterocycles. The number of ether oxygens (including phenoxy) is 2. The summed E-state index contributed by atoms with van der Waals surface area (Å²) in [6.45, 7) is 3.90. The van der Waals surface area contributed by atoms with Crippen LogP contribution in [0.2, 0.25) is 0 Å². The minimum atomic E-state index is -1.05. The molecule has 8 nitrogen and oxygen atoms in total. The number of anilines is 1. The van der Waals surface area contributed by atoms with E-state index in [1.807, 2.05) is 6.92 Å². The van der Waals surface area contributed by atoms with Crippen molar-refractivity contribution in [2.45, 2.75) is 13.8 Å². The van der Waals surface area contributed by atoms with Gasteiger partial charge in [0.15, 0.2) is 11.5 Å². The molecule has 1 aliphatic rings. The van der Waals surface area contributed by atoms with Gasteiger partial charge >= 0.3 is 11.9 Å². The van der Waals surface area contributed by atoms with E-state index in [1.54, 1.807) is 48.7 Å². The molecule has 0 atom stereocenters. The number of nitrogens with zero attached hydrogens (tertiary/aromatic N) is 2. The molecule has 34 heavy (non-hydrogen) atoms. The fourth-order valence-electron chi connectivity index (χ4n) is 3.28. The van der Waals surface area contributed by atoms with Gasteiger partial charge in [-0.15, -0.1) is 11.3 Å². The third-order valence-corrected chi connectivity index (χ3v) is 5.77. The number of carboxylic acid groups (broad SMARTS) is 1. The normalized spacial score (nSPS) is 14.3. The molecule has 0 radical (unpaired) electrons. The van der Waals surface area contributed by atoms with Gasteiger partial charge in [0.1, 0.15) is 4.88 Å². The van der Waals surface area contributed by atoms with Crippen molar-refractivity contribution in [1.29, 1.82) is 0 Å². The molecule has 0 spiro atoms. The van der Waals surface area contributed by atoms with E-state index in [0.717, 1.165) is 0 Å². The average Bonchev–Trinajstić information content (AvgIpc) is 3.46. The number of carbonyl (C=O) groups excluding carboxylic acids is 2. The van der Waals surface area contributed by atoms with Crippen LogP contribution in [0.5, 0.6) is 11.5 Å². The maximum atomic E-state index is 13.0. The Morgan fingerprint density at radius 2 is 1.88 bits per heavy atom. The van der Waals surface area contributed by atoms with Crippen LogP contribution in [-0.2, 0) is 4.79 Å². The van der Waals surface area contributed by atoms with E-state index in [9.17, 15) is 14.4 Å². The van der Waals surface area contributed by atoms with Gasteiger partial charge in [-0.05, 0) is 73.3 Å². The zero-order valence-corrected chi connectivity index (χ0v) is 19.2. The molecule has 1 amide bonds. The fraction of sp³-hybridized carbons (Fsp3) is 0.120. The van der Waals surface area contributed by atoms with Gasteiger partial charge in [-0.1, -0.05) is 12.1 Å². The monoisotopic (exact) mass is 476 g/mol. The quantitative estimate of drug-likeness (QED) is 0.296. The molecule has 2 aromatic carbocycles.